The molecule has 0 heteroatoms. The fraction of sp³-hybridized carbons (Fsp3) is 0.714. The predicted octanol–water partition coefficient (Wildman–Crippen LogP) is 8.51. The van der Waals surface area contributed by atoms with E-state index in [0.717, 1.165) is 19.3 Å². The Kier molecular flexibility index (Phi) is 7.47. The van der Waals surface area contributed by atoms with Crippen molar-refractivity contribution >= 4 is 0 Å². The molecule has 0 spiro atoms. The van der Waals surface area contributed by atoms with Crippen molar-refractivity contribution < 1.29 is 0 Å². The van der Waals surface area contributed by atoms with Gasteiger partial charge in [0, 0.05) is 11.3 Å². The molecule has 0 N–H and O–H groups in total. The van der Waals surface area contributed by atoms with Crippen LogP contribution in [0.4, 0.5) is 0 Å². The van der Waals surface area contributed by atoms with Gasteiger partial charge < -0.3 is 0 Å². The van der Waals surface area contributed by atoms with E-state index in [1.807, 2.05) is 0 Å². The van der Waals surface area contributed by atoms with Gasteiger partial charge in [-0.05, 0) is 81.5 Å². The van der Waals surface area contributed by atoms with Crippen LogP contribution in [0.3, 0.4) is 0 Å². The van der Waals surface area contributed by atoms with Gasteiger partial charge in [0.25, 0.3) is 0 Å². The molecule has 0 aliphatic heterocycles. The maximum Gasteiger partial charge on any atom is 0.0426 e. The average Bonchev–Trinajstić information content (AvgIpc) is 2.59. The Morgan fingerprint density at radius 3 is 2.57 bits per heavy atom. The highest BCUT2D eigenvalue weighted by Gasteiger charge is 2.35. The van der Waals surface area contributed by atoms with Gasteiger partial charge in [-0.25, -0.2) is 0 Å². The molecule has 2 aliphatic rings. The molecule has 0 radical (unpaired) electrons. The van der Waals surface area contributed by atoms with Gasteiger partial charge in [0.05, 0.1) is 0 Å². The third-order valence-corrected chi connectivity index (χ3v) is 7.48. The molecule has 1 fully saturated rings. The fourth-order valence-electron chi connectivity index (χ4n) is 5.06. The highest BCUT2D eigenvalue weighted by molar-refractivity contribution is 5.28. The first kappa shape index (κ1) is 23.1. The van der Waals surface area contributed by atoms with E-state index in [0.29, 0.717) is 17.3 Å². The van der Waals surface area contributed by atoms with Crippen molar-refractivity contribution in [3.63, 3.8) is 0 Å². The van der Waals surface area contributed by atoms with Gasteiger partial charge in [0.15, 0.2) is 0 Å². The molecule has 0 aromatic rings. The Balaban J connectivity index is 1.77. The van der Waals surface area contributed by atoms with Crippen molar-refractivity contribution in [3.05, 3.63) is 36.5 Å². The van der Waals surface area contributed by atoms with Crippen molar-refractivity contribution in [3.8, 4) is 11.8 Å². The summed E-state index contributed by atoms with van der Waals surface area (Å²) in [5.74, 6) is 7.96. The molecule has 0 aromatic carbocycles. The van der Waals surface area contributed by atoms with Crippen LogP contribution in [-0.2, 0) is 0 Å². The molecule has 3 unspecified atom stereocenters. The zero-order valence-corrected chi connectivity index (χ0v) is 19.6. The van der Waals surface area contributed by atoms with Crippen molar-refractivity contribution in [1.29, 1.82) is 0 Å². The standard InChI is InChI=1S/C28H44/c1-9-24-15-20-28(24,8)18-11-10-16-26(4,5)19-14-22(2)21-25-23(3)13-12-17-27(25,6)7/h10,16,24-25H,2-3,9,11-14,17-19,21H2,1,4-8H3/b16-10+. The second-order valence-corrected chi connectivity index (χ2v) is 11.1. The molecule has 2 rings (SSSR count). The normalized spacial score (nSPS) is 29.3. The van der Waals surface area contributed by atoms with Crippen LogP contribution >= 0.6 is 0 Å². The topological polar surface area (TPSA) is 0 Å². The molecule has 156 valence electrons. The lowest BCUT2D eigenvalue weighted by molar-refractivity contribution is 0.187. The molecular weight excluding hydrogens is 336 g/mol. The van der Waals surface area contributed by atoms with Crippen molar-refractivity contribution in [2.45, 2.75) is 99.3 Å². The molecular formula is C28H44. The zero-order valence-electron chi connectivity index (χ0n) is 19.6. The highest BCUT2D eigenvalue weighted by Crippen LogP contribution is 2.46. The van der Waals surface area contributed by atoms with Crippen molar-refractivity contribution in [1.82, 2.24) is 0 Å². The van der Waals surface area contributed by atoms with Gasteiger partial charge in [-0.3, -0.25) is 0 Å². The van der Waals surface area contributed by atoms with E-state index >= 15 is 0 Å². The lowest BCUT2D eigenvalue weighted by atomic mass is 9.64. The van der Waals surface area contributed by atoms with E-state index in [2.05, 4.69) is 78.7 Å². The summed E-state index contributed by atoms with van der Waals surface area (Å²) in [5.41, 5.74) is 3.73. The maximum atomic E-state index is 4.44. The minimum absolute atomic E-state index is 0.235. The lowest BCUT2D eigenvalue weighted by Gasteiger charge is -2.41. The van der Waals surface area contributed by atoms with Gasteiger partial charge in [-0.2, -0.15) is 0 Å². The summed E-state index contributed by atoms with van der Waals surface area (Å²) in [7, 11) is 0. The molecule has 0 saturated heterocycles. The fourth-order valence-corrected chi connectivity index (χ4v) is 5.06. The molecule has 28 heavy (non-hydrogen) atoms. The van der Waals surface area contributed by atoms with Gasteiger partial charge in [0.2, 0.25) is 0 Å². The summed E-state index contributed by atoms with van der Waals surface area (Å²) in [5, 5.41) is 0. The zero-order chi connectivity index (χ0) is 21.0. The van der Waals surface area contributed by atoms with E-state index in [9.17, 15) is 0 Å². The summed E-state index contributed by atoms with van der Waals surface area (Å²) in [6.45, 7) is 23.0. The summed E-state index contributed by atoms with van der Waals surface area (Å²) in [4.78, 5) is 0. The minimum atomic E-state index is 0.235. The number of hydrogen-bond acceptors (Lipinski definition) is 0. The van der Waals surface area contributed by atoms with E-state index in [-0.39, 0.29) is 10.8 Å². The Labute approximate surface area is 176 Å². The SMILES string of the molecule is C=C(CCC(C)(C)/C=C/CCC1(C)C#CC1CC)CC1C(=C)CCCC1(C)C. The van der Waals surface area contributed by atoms with Crippen molar-refractivity contribution in [2.75, 3.05) is 0 Å². The number of allylic oxidation sites excluding steroid dienone is 4. The van der Waals surface area contributed by atoms with E-state index in [1.54, 1.807) is 0 Å². The number of hydrogen-bond donors (Lipinski definition) is 0. The van der Waals surface area contributed by atoms with Gasteiger partial charge >= 0.3 is 0 Å². The first-order valence-electron chi connectivity index (χ1n) is 11.5. The van der Waals surface area contributed by atoms with E-state index < -0.39 is 0 Å². The average molecular weight is 381 g/mol. The first-order chi connectivity index (χ1) is 13.0. The molecule has 0 heterocycles. The third kappa shape index (κ3) is 5.89. The van der Waals surface area contributed by atoms with Crippen LogP contribution in [0.15, 0.2) is 36.5 Å². The Hall–Kier alpha value is -1.22. The molecule has 0 amide bonds. The largest absolute Gasteiger partial charge is 0.0998 e. The quantitative estimate of drug-likeness (QED) is 0.263. The van der Waals surface area contributed by atoms with Crippen molar-refractivity contribution in [2.24, 2.45) is 28.1 Å². The minimum Gasteiger partial charge on any atom is -0.0998 e. The van der Waals surface area contributed by atoms with Gasteiger partial charge in [0.1, 0.15) is 0 Å². The predicted molar refractivity (Wildman–Crippen MR) is 125 cm³/mol. The summed E-state index contributed by atoms with van der Waals surface area (Å²) >= 11 is 0. The second kappa shape index (κ2) is 9.07. The Bertz CT molecular complexity index is 660. The number of rotatable bonds is 10. The third-order valence-electron chi connectivity index (χ3n) is 7.48. The van der Waals surface area contributed by atoms with Crippen LogP contribution in [0.5, 0.6) is 0 Å². The second-order valence-electron chi connectivity index (χ2n) is 11.1. The van der Waals surface area contributed by atoms with Gasteiger partial charge in [-0.1, -0.05) is 82.9 Å². The van der Waals surface area contributed by atoms with Gasteiger partial charge in [-0.15, -0.1) is 0 Å². The molecule has 2 aliphatic carbocycles. The summed E-state index contributed by atoms with van der Waals surface area (Å²) < 4.78 is 0. The van der Waals surface area contributed by atoms with Crippen LogP contribution in [0.2, 0.25) is 0 Å². The van der Waals surface area contributed by atoms with E-state index in [1.165, 1.54) is 49.7 Å². The monoisotopic (exact) mass is 380 g/mol. The van der Waals surface area contributed by atoms with Crippen LogP contribution < -0.4 is 0 Å². The summed E-state index contributed by atoms with van der Waals surface area (Å²) in [6, 6.07) is 0. The summed E-state index contributed by atoms with van der Waals surface area (Å²) in [6.07, 6.45) is 15.6. The Morgan fingerprint density at radius 1 is 1.29 bits per heavy atom. The molecule has 0 bridgehead atoms. The molecule has 0 nitrogen and oxygen atoms in total. The van der Waals surface area contributed by atoms with Crippen LogP contribution in [0.1, 0.15) is 99.3 Å². The van der Waals surface area contributed by atoms with E-state index in [4.69, 9.17) is 0 Å². The van der Waals surface area contributed by atoms with Crippen LogP contribution in [-0.4, -0.2) is 0 Å². The molecule has 3 atom stereocenters. The highest BCUT2D eigenvalue weighted by atomic mass is 14.4. The first-order valence-corrected chi connectivity index (χ1v) is 11.5. The molecule has 0 aromatic heterocycles. The van der Waals surface area contributed by atoms with Crippen LogP contribution in [0.25, 0.3) is 0 Å². The lowest BCUT2D eigenvalue weighted by Crippen LogP contribution is -2.30. The molecule has 1 saturated carbocycles. The maximum absolute atomic E-state index is 4.44. The smallest absolute Gasteiger partial charge is 0.0426 e. The van der Waals surface area contributed by atoms with Crippen LogP contribution in [0, 0.1) is 39.9 Å². The Morgan fingerprint density at radius 2 is 2.00 bits per heavy atom.